The van der Waals surface area contributed by atoms with Crippen molar-refractivity contribution in [1.29, 1.82) is 0 Å². The monoisotopic (exact) mass is 298 g/mol. The molecule has 4 nitrogen and oxygen atoms in total. The molecule has 0 spiro atoms. The third-order valence-electron chi connectivity index (χ3n) is 3.81. The lowest BCUT2D eigenvalue weighted by Gasteiger charge is -2.09. The molecule has 2 amide bonds. The summed E-state index contributed by atoms with van der Waals surface area (Å²) in [5.74, 6) is 0.0635. The van der Waals surface area contributed by atoms with Crippen LogP contribution in [-0.4, -0.2) is 30.8 Å². The number of carbonyl (C=O) groups is 2. The van der Waals surface area contributed by atoms with Crippen LogP contribution in [0.2, 0.25) is 0 Å². The lowest BCUT2D eigenvalue weighted by atomic mass is 10.0. The van der Waals surface area contributed by atoms with Crippen LogP contribution < -0.4 is 5.73 Å². The Labute approximate surface area is 130 Å². The molecule has 0 aliphatic carbocycles. The minimum atomic E-state index is -0.178. The van der Waals surface area contributed by atoms with Crippen LogP contribution >= 0.6 is 0 Å². The molecule has 0 aliphatic rings. The molecule has 0 saturated heterocycles. The third-order valence-corrected chi connectivity index (χ3v) is 3.81. The second-order valence-electron chi connectivity index (χ2n) is 6.14. The van der Waals surface area contributed by atoms with Crippen LogP contribution in [0.1, 0.15) is 83.5 Å². The molecule has 0 rings (SSSR count). The zero-order valence-corrected chi connectivity index (χ0v) is 14.0. The van der Waals surface area contributed by atoms with Crippen molar-refractivity contribution in [2.24, 2.45) is 5.73 Å². The molecule has 0 aliphatic heterocycles. The highest BCUT2D eigenvalue weighted by molar-refractivity contribution is 5.75. The van der Waals surface area contributed by atoms with Crippen molar-refractivity contribution in [1.82, 2.24) is 4.90 Å². The van der Waals surface area contributed by atoms with Gasteiger partial charge in [0.15, 0.2) is 0 Å². The number of primary amides is 1. The molecule has 4 heteroatoms. The first kappa shape index (κ1) is 19.9. The van der Waals surface area contributed by atoms with Gasteiger partial charge in [0.2, 0.25) is 11.8 Å². The summed E-state index contributed by atoms with van der Waals surface area (Å²) in [6, 6.07) is 0. The van der Waals surface area contributed by atoms with Gasteiger partial charge in [0.25, 0.3) is 0 Å². The van der Waals surface area contributed by atoms with Gasteiger partial charge in [-0.15, -0.1) is 0 Å². The summed E-state index contributed by atoms with van der Waals surface area (Å²) < 4.78 is 0. The van der Waals surface area contributed by atoms with Gasteiger partial charge in [0.1, 0.15) is 0 Å². The van der Waals surface area contributed by atoms with E-state index in [1.807, 2.05) is 14.1 Å². The Hall–Kier alpha value is -1.06. The molecule has 0 saturated carbocycles. The van der Waals surface area contributed by atoms with Crippen molar-refractivity contribution in [2.75, 3.05) is 14.1 Å². The van der Waals surface area contributed by atoms with Crippen molar-refractivity contribution < 1.29 is 9.59 Å². The van der Waals surface area contributed by atoms with Gasteiger partial charge in [0.05, 0.1) is 0 Å². The molecule has 21 heavy (non-hydrogen) atoms. The number of carbonyl (C=O) groups excluding carboxylic acids is 2. The predicted molar refractivity (Wildman–Crippen MR) is 87.9 cm³/mol. The molecule has 0 radical (unpaired) electrons. The summed E-state index contributed by atoms with van der Waals surface area (Å²) >= 11 is 0. The van der Waals surface area contributed by atoms with E-state index in [-0.39, 0.29) is 11.8 Å². The molecule has 0 unspecified atom stereocenters. The fourth-order valence-corrected chi connectivity index (χ4v) is 2.39. The Morgan fingerprint density at radius 2 is 1.00 bits per heavy atom. The predicted octanol–water partition coefficient (Wildman–Crippen LogP) is 3.63. The number of unbranched alkanes of at least 4 members (excludes halogenated alkanes) is 10. The van der Waals surface area contributed by atoms with Crippen LogP contribution in [0.4, 0.5) is 0 Å². The molecular formula is C17H34N2O2. The molecule has 0 fully saturated rings. The maximum Gasteiger partial charge on any atom is 0.222 e. The average molecular weight is 298 g/mol. The van der Waals surface area contributed by atoms with Crippen molar-refractivity contribution in [3.05, 3.63) is 0 Å². The van der Waals surface area contributed by atoms with E-state index in [9.17, 15) is 9.59 Å². The summed E-state index contributed by atoms with van der Waals surface area (Å²) in [6.07, 6.45) is 14.5. The molecule has 124 valence electrons. The number of nitrogens with two attached hydrogens (primary N) is 1. The maximum atomic E-state index is 11.4. The first-order valence-electron chi connectivity index (χ1n) is 8.52. The normalized spacial score (nSPS) is 10.6. The minimum Gasteiger partial charge on any atom is -0.370 e. The highest BCUT2D eigenvalue weighted by atomic mass is 16.2. The van der Waals surface area contributed by atoms with Gasteiger partial charge >= 0.3 is 0 Å². The summed E-state index contributed by atoms with van der Waals surface area (Å²) in [5.41, 5.74) is 5.09. The van der Waals surface area contributed by atoms with E-state index in [1.165, 1.54) is 51.4 Å². The zero-order chi connectivity index (χ0) is 15.9. The van der Waals surface area contributed by atoms with Gasteiger partial charge in [0, 0.05) is 26.9 Å². The van der Waals surface area contributed by atoms with Crippen molar-refractivity contribution in [3.8, 4) is 0 Å². The first-order chi connectivity index (χ1) is 10.0. The number of hydrogen-bond acceptors (Lipinski definition) is 2. The number of amides is 2. The largest absolute Gasteiger partial charge is 0.370 e. The van der Waals surface area contributed by atoms with E-state index in [4.69, 9.17) is 5.73 Å². The Bertz CT molecular complexity index is 278. The molecule has 0 atom stereocenters. The van der Waals surface area contributed by atoms with Crippen LogP contribution in [0.25, 0.3) is 0 Å². The van der Waals surface area contributed by atoms with E-state index in [0.717, 1.165) is 19.3 Å². The second kappa shape index (κ2) is 13.9. The molecule has 0 aromatic carbocycles. The van der Waals surface area contributed by atoms with Gasteiger partial charge in [-0.1, -0.05) is 57.8 Å². The molecule has 0 aromatic rings. The lowest BCUT2D eigenvalue weighted by Crippen LogP contribution is -2.20. The quantitative estimate of drug-likeness (QED) is 0.498. The van der Waals surface area contributed by atoms with Crippen LogP contribution in [-0.2, 0) is 9.59 Å². The number of rotatable bonds is 14. The van der Waals surface area contributed by atoms with Gasteiger partial charge in [-0.25, -0.2) is 0 Å². The number of hydrogen-bond donors (Lipinski definition) is 1. The lowest BCUT2D eigenvalue weighted by molar-refractivity contribution is -0.128. The fraction of sp³-hybridized carbons (Fsp3) is 0.882. The van der Waals surface area contributed by atoms with Crippen LogP contribution in [0.15, 0.2) is 0 Å². The van der Waals surface area contributed by atoms with Gasteiger partial charge in [-0.05, 0) is 12.8 Å². The van der Waals surface area contributed by atoms with Crippen LogP contribution in [0.5, 0.6) is 0 Å². The molecule has 2 N–H and O–H groups in total. The highest BCUT2D eigenvalue weighted by Crippen LogP contribution is 2.12. The van der Waals surface area contributed by atoms with E-state index >= 15 is 0 Å². The zero-order valence-electron chi connectivity index (χ0n) is 14.0. The summed E-state index contributed by atoms with van der Waals surface area (Å²) in [6.45, 7) is 0. The molecule has 0 heterocycles. The van der Waals surface area contributed by atoms with Crippen molar-refractivity contribution >= 4 is 11.8 Å². The SMILES string of the molecule is CN(C)C(=O)CCCCCCCCCCCCCC(N)=O. The van der Waals surface area contributed by atoms with Gasteiger partial charge in [-0.2, -0.15) is 0 Å². The third kappa shape index (κ3) is 15.2. The van der Waals surface area contributed by atoms with E-state index in [1.54, 1.807) is 4.90 Å². The topological polar surface area (TPSA) is 63.4 Å². The number of nitrogens with zero attached hydrogens (tertiary/aromatic N) is 1. The van der Waals surface area contributed by atoms with Gasteiger partial charge < -0.3 is 10.6 Å². The Morgan fingerprint density at radius 3 is 1.33 bits per heavy atom. The highest BCUT2D eigenvalue weighted by Gasteiger charge is 2.02. The molecular weight excluding hydrogens is 264 g/mol. The fourth-order valence-electron chi connectivity index (χ4n) is 2.39. The van der Waals surface area contributed by atoms with E-state index in [2.05, 4.69) is 0 Å². The Kier molecular flexibility index (Phi) is 13.2. The summed E-state index contributed by atoms with van der Waals surface area (Å²) in [5, 5.41) is 0. The van der Waals surface area contributed by atoms with Crippen molar-refractivity contribution in [3.63, 3.8) is 0 Å². The van der Waals surface area contributed by atoms with E-state index in [0.29, 0.717) is 12.8 Å². The first-order valence-corrected chi connectivity index (χ1v) is 8.52. The van der Waals surface area contributed by atoms with Gasteiger partial charge in [-0.3, -0.25) is 9.59 Å². The Morgan fingerprint density at radius 1 is 0.667 bits per heavy atom. The van der Waals surface area contributed by atoms with Crippen LogP contribution in [0.3, 0.4) is 0 Å². The second-order valence-corrected chi connectivity index (χ2v) is 6.14. The Balaban J connectivity index is 3.09. The summed E-state index contributed by atoms with van der Waals surface area (Å²) in [7, 11) is 3.63. The van der Waals surface area contributed by atoms with Crippen molar-refractivity contribution in [2.45, 2.75) is 83.5 Å². The summed E-state index contributed by atoms with van der Waals surface area (Å²) in [4.78, 5) is 23.6. The smallest absolute Gasteiger partial charge is 0.222 e. The van der Waals surface area contributed by atoms with E-state index < -0.39 is 0 Å². The molecule has 0 bridgehead atoms. The minimum absolute atomic E-state index is 0.178. The standard InChI is InChI=1S/C17H34N2O2/c1-19(2)17(21)15-13-11-9-7-5-3-4-6-8-10-12-14-16(18)20/h3-15H2,1-2H3,(H2,18,20). The van der Waals surface area contributed by atoms with Crippen LogP contribution in [0, 0.1) is 0 Å². The molecule has 0 aromatic heterocycles. The maximum absolute atomic E-state index is 11.4. The average Bonchev–Trinajstić information content (AvgIpc) is 2.43.